The van der Waals surface area contributed by atoms with Gasteiger partial charge in [0.25, 0.3) is 0 Å². The smallest absolute Gasteiger partial charge is 0.373 e. The van der Waals surface area contributed by atoms with Crippen LogP contribution in [-0.4, -0.2) is 29.7 Å². The number of esters is 1. The lowest BCUT2D eigenvalue weighted by atomic mass is 9.86. The van der Waals surface area contributed by atoms with Crippen LogP contribution in [0.2, 0.25) is 6.82 Å². The molecule has 0 spiro atoms. The van der Waals surface area contributed by atoms with E-state index < -0.39 is 12.7 Å². The van der Waals surface area contributed by atoms with Crippen molar-refractivity contribution in [1.29, 1.82) is 0 Å². The number of ether oxygens (including phenoxy) is 1. The first-order chi connectivity index (χ1) is 6.74. The molecule has 0 unspecified atom stereocenters. The summed E-state index contributed by atoms with van der Waals surface area (Å²) in [5.74, 6) is -0.234. The van der Waals surface area contributed by atoms with Gasteiger partial charge in [0, 0.05) is 6.04 Å². The van der Waals surface area contributed by atoms with Crippen molar-refractivity contribution < 1.29 is 14.6 Å². The van der Waals surface area contributed by atoms with Crippen molar-refractivity contribution in [3.05, 3.63) is 0 Å². The van der Waals surface area contributed by atoms with Crippen LogP contribution >= 0.6 is 0 Å². The summed E-state index contributed by atoms with van der Waals surface area (Å²) in [6.07, 6.45) is 1.07. The average Bonchev–Trinajstić information content (AvgIpc) is 1.98. The average molecular weight is 215 g/mol. The van der Waals surface area contributed by atoms with Crippen molar-refractivity contribution in [2.45, 2.75) is 59.0 Å². The highest BCUT2D eigenvalue weighted by Crippen LogP contribution is 2.10. The molecule has 0 radical (unpaired) electrons. The van der Waals surface area contributed by atoms with Gasteiger partial charge in [-0.2, -0.15) is 0 Å². The van der Waals surface area contributed by atoms with Crippen LogP contribution in [0.5, 0.6) is 0 Å². The molecule has 0 amide bonds. The van der Waals surface area contributed by atoms with Crippen molar-refractivity contribution in [3.63, 3.8) is 0 Å². The quantitative estimate of drug-likeness (QED) is 0.534. The van der Waals surface area contributed by atoms with Gasteiger partial charge in [-0.1, -0.05) is 6.92 Å². The molecule has 2 N–H and O–H groups in total. The molecule has 0 aliphatic heterocycles. The van der Waals surface area contributed by atoms with Gasteiger partial charge in [0.1, 0.15) is 5.60 Å². The van der Waals surface area contributed by atoms with E-state index in [1.807, 2.05) is 27.7 Å². The van der Waals surface area contributed by atoms with Gasteiger partial charge in [-0.05, 0) is 34.0 Å². The van der Waals surface area contributed by atoms with Crippen LogP contribution < -0.4 is 5.23 Å². The molecule has 0 fully saturated rings. The summed E-state index contributed by atoms with van der Waals surface area (Å²) in [6, 6.07) is -0.0279. The van der Waals surface area contributed by atoms with Gasteiger partial charge in [0.15, 0.2) is 0 Å². The Balaban J connectivity index is 4.02. The van der Waals surface area contributed by atoms with E-state index in [2.05, 4.69) is 5.23 Å². The first kappa shape index (κ1) is 14.5. The number of hydrogen-bond donors (Lipinski definition) is 2. The van der Waals surface area contributed by atoms with Crippen LogP contribution in [0.1, 0.15) is 40.5 Å². The molecule has 0 aromatic heterocycles. The van der Waals surface area contributed by atoms with Gasteiger partial charge in [-0.3, -0.25) is 4.79 Å². The first-order valence-corrected chi connectivity index (χ1v) is 5.40. The molecule has 0 saturated carbocycles. The highest BCUT2D eigenvalue weighted by molar-refractivity contribution is 6.45. The lowest BCUT2D eigenvalue weighted by Gasteiger charge is -2.22. The molecule has 1 atom stereocenters. The maximum atomic E-state index is 11.5. The molecule has 88 valence electrons. The number of rotatable bonds is 5. The number of nitrogens with one attached hydrogen (secondary N) is 1. The zero-order valence-corrected chi connectivity index (χ0v) is 10.3. The number of hydrogen-bond acceptors (Lipinski definition) is 4. The van der Waals surface area contributed by atoms with E-state index in [0.29, 0.717) is 6.42 Å². The van der Waals surface area contributed by atoms with Crippen LogP contribution in [-0.2, 0) is 9.53 Å². The molecule has 0 aliphatic carbocycles. The fraction of sp³-hybridized carbons (Fsp3) is 0.900. The molecular weight excluding hydrogens is 193 g/mol. The molecular formula is C10H22BNO3. The summed E-state index contributed by atoms with van der Waals surface area (Å²) in [7, 11) is -0.600. The molecule has 0 aromatic carbocycles. The first-order valence-electron chi connectivity index (χ1n) is 5.40. The van der Waals surface area contributed by atoms with E-state index in [9.17, 15) is 4.79 Å². The fourth-order valence-electron chi connectivity index (χ4n) is 1.25. The Morgan fingerprint density at radius 3 is 2.40 bits per heavy atom. The van der Waals surface area contributed by atoms with Gasteiger partial charge >= 0.3 is 13.0 Å². The molecule has 0 aliphatic rings. The van der Waals surface area contributed by atoms with Crippen LogP contribution in [0.25, 0.3) is 0 Å². The van der Waals surface area contributed by atoms with Crippen LogP contribution in [0.3, 0.4) is 0 Å². The summed E-state index contributed by atoms with van der Waals surface area (Å²) >= 11 is 0. The van der Waals surface area contributed by atoms with Crippen molar-refractivity contribution in [2.24, 2.45) is 0 Å². The van der Waals surface area contributed by atoms with Crippen LogP contribution in [0.4, 0.5) is 0 Å². The Hall–Kier alpha value is -0.545. The Morgan fingerprint density at radius 1 is 1.53 bits per heavy atom. The molecule has 0 bridgehead atoms. The van der Waals surface area contributed by atoms with Crippen molar-refractivity contribution >= 4 is 13.0 Å². The van der Waals surface area contributed by atoms with Gasteiger partial charge < -0.3 is 15.0 Å². The largest absolute Gasteiger partial charge is 0.460 e. The van der Waals surface area contributed by atoms with Crippen molar-refractivity contribution in [1.82, 2.24) is 5.23 Å². The van der Waals surface area contributed by atoms with Crippen molar-refractivity contribution in [3.8, 4) is 0 Å². The minimum absolute atomic E-state index is 0.0279. The topological polar surface area (TPSA) is 58.6 Å². The standard InChI is InChI=1S/C10H22BNO3/c1-6-8(12-11(5)14)7-9(13)15-10(2,3)4/h8,12,14H,6-7H2,1-5H3/t8-/m0/s1. The van der Waals surface area contributed by atoms with Gasteiger partial charge in [0.05, 0.1) is 6.42 Å². The molecule has 4 nitrogen and oxygen atoms in total. The Bertz CT molecular complexity index is 201. The maximum absolute atomic E-state index is 11.5. The van der Waals surface area contributed by atoms with Crippen molar-refractivity contribution in [2.75, 3.05) is 0 Å². The van der Waals surface area contributed by atoms with E-state index in [0.717, 1.165) is 6.42 Å². The number of carbonyl (C=O) groups is 1. The monoisotopic (exact) mass is 215 g/mol. The highest BCUT2D eigenvalue weighted by Gasteiger charge is 2.20. The summed E-state index contributed by atoms with van der Waals surface area (Å²) in [4.78, 5) is 11.5. The Morgan fingerprint density at radius 2 is 2.07 bits per heavy atom. The predicted octanol–water partition coefficient (Wildman–Crippen LogP) is 1.20. The highest BCUT2D eigenvalue weighted by atomic mass is 16.6. The minimum atomic E-state index is -0.600. The minimum Gasteiger partial charge on any atom is -0.460 e. The van der Waals surface area contributed by atoms with E-state index in [-0.39, 0.29) is 12.0 Å². The number of carbonyl (C=O) groups excluding carboxylic acids is 1. The Labute approximate surface area is 92.5 Å². The summed E-state index contributed by atoms with van der Waals surface area (Å²) < 4.78 is 5.19. The Kier molecular flexibility index (Phi) is 5.91. The third-order valence-electron chi connectivity index (χ3n) is 1.80. The summed E-state index contributed by atoms with van der Waals surface area (Å²) in [5, 5.41) is 12.0. The van der Waals surface area contributed by atoms with Crippen LogP contribution in [0, 0.1) is 0 Å². The molecule has 15 heavy (non-hydrogen) atoms. The SMILES string of the molecule is CC[C@@H](CC(=O)OC(C)(C)C)NB(C)O. The molecule has 0 rings (SSSR count). The van der Waals surface area contributed by atoms with E-state index >= 15 is 0 Å². The fourth-order valence-corrected chi connectivity index (χ4v) is 1.25. The summed E-state index contributed by atoms with van der Waals surface area (Å²) in [6.45, 7) is 9.12. The maximum Gasteiger partial charge on any atom is 0.373 e. The van der Waals surface area contributed by atoms with Crippen LogP contribution in [0.15, 0.2) is 0 Å². The molecule has 0 heterocycles. The lowest BCUT2D eigenvalue weighted by Crippen LogP contribution is -2.41. The normalized spacial score (nSPS) is 13.5. The molecule has 5 heteroatoms. The second-order valence-electron chi connectivity index (χ2n) is 4.74. The lowest BCUT2D eigenvalue weighted by molar-refractivity contribution is -0.155. The predicted molar refractivity (Wildman–Crippen MR) is 61.5 cm³/mol. The van der Waals surface area contributed by atoms with Gasteiger partial charge in [0.2, 0.25) is 0 Å². The second kappa shape index (κ2) is 6.13. The second-order valence-corrected chi connectivity index (χ2v) is 4.74. The van der Waals surface area contributed by atoms with E-state index in [4.69, 9.17) is 9.76 Å². The molecule has 0 aromatic rings. The van der Waals surface area contributed by atoms with E-state index in [1.165, 1.54) is 0 Å². The molecule has 0 saturated heterocycles. The summed E-state index contributed by atoms with van der Waals surface area (Å²) in [5.41, 5.74) is -0.444. The third-order valence-corrected chi connectivity index (χ3v) is 1.80. The zero-order chi connectivity index (χ0) is 12.1. The van der Waals surface area contributed by atoms with Gasteiger partial charge in [-0.25, -0.2) is 0 Å². The van der Waals surface area contributed by atoms with Gasteiger partial charge in [-0.15, -0.1) is 0 Å². The zero-order valence-electron chi connectivity index (χ0n) is 10.3. The van der Waals surface area contributed by atoms with E-state index in [1.54, 1.807) is 6.82 Å². The third kappa shape index (κ3) is 8.45.